The van der Waals surface area contributed by atoms with Crippen LogP contribution in [0.1, 0.15) is 10.5 Å². The molecule has 0 aliphatic rings. The summed E-state index contributed by atoms with van der Waals surface area (Å²) in [7, 11) is 1.30. The van der Waals surface area contributed by atoms with Crippen molar-refractivity contribution in [1.82, 2.24) is 20.4 Å². The van der Waals surface area contributed by atoms with E-state index < -0.39 is 5.97 Å². The first-order valence-corrected chi connectivity index (χ1v) is 3.57. The van der Waals surface area contributed by atoms with E-state index in [1.807, 2.05) is 0 Å². The quantitative estimate of drug-likeness (QED) is 0.628. The summed E-state index contributed by atoms with van der Waals surface area (Å²) in [6.45, 7) is 0. The number of aromatic amines is 1. The van der Waals surface area contributed by atoms with E-state index in [9.17, 15) is 4.79 Å². The number of H-pyrrole nitrogens is 1. The lowest BCUT2D eigenvalue weighted by Crippen LogP contribution is -2.01. The summed E-state index contributed by atoms with van der Waals surface area (Å²) in [5.41, 5.74) is 0.704. The molecule has 2 rings (SSSR count). The van der Waals surface area contributed by atoms with Gasteiger partial charge in [0.2, 0.25) is 0 Å². The molecule has 0 radical (unpaired) electrons. The molecule has 2 heterocycles. The van der Waals surface area contributed by atoms with Crippen molar-refractivity contribution in [3.63, 3.8) is 0 Å². The van der Waals surface area contributed by atoms with Gasteiger partial charge in [-0.25, -0.2) is 4.79 Å². The van der Waals surface area contributed by atoms with E-state index in [-0.39, 0.29) is 5.69 Å². The second-order valence-corrected chi connectivity index (χ2v) is 2.36. The number of methoxy groups -OCH3 is 1. The highest BCUT2D eigenvalue weighted by molar-refractivity contribution is 6.00. The zero-order chi connectivity index (χ0) is 9.26. The number of nitrogens with one attached hydrogen (secondary N) is 1. The van der Waals surface area contributed by atoms with Crippen LogP contribution in [0.5, 0.6) is 0 Å². The molecule has 0 amide bonds. The molecule has 0 saturated heterocycles. The van der Waals surface area contributed by atoms with Crippen LogP contribution >= 0.6 is 0 Å². The number of hydrogen-bond acceptors (Lipinski definition) is 5. The Bertz CT molecular complexity index is 450. The van der Waals surface area contributed by atoms with Crippen molar-refractivity contribution in [2.45, 2.75) is 0 Å². The molecule has 2 aromatic heterocycles. The van der Waals surface area contributed by atoms with Crippen LogP contribution in [0.4, 0.5) is 0 Å². The van der Waals surface area contributed by atoms with E-state index in [1.54, 1.807) is 6.07 Å². The van der Waals surface area contributed by atoms with Crippen molar-refractivity contribution < 1.29 is 9.53 Å². The van der Waals surface area contributed by atoms with Crippen LogP contribution in [0.3, 0.4) is 0 Å². The third-order valence-electron chi connectivity index (χ3n) is 1.63. The molecule has 0 bridgehead atoms. The van der Waals surface area contributed by atoms with Crippen molar-refractivity contribution in [2.24, 2.45) is 0 Å². The molecule has 0 spiro atoms. The first kappa shape index (κ1) is 7.66. The summed E-state index contributed by atoms with van der Waals surface area (Å²) in [6.07, 6.45) is 1.49. The van der Waals surface area contributed by atoms with Gasteiger partial charge < -0.3 is 4.74 Å². The Morgan fingerprint density at radius 1 is 1.62 bits per heavy atom. The molecule has 13 heavy (non-hydrogen) atoms. The molecule has 6 nitrogen and oxygen atoms in total. The first-order valence-electron chi connectivity index (χ1n) is 3.57. The summed E-state index contributed by atoms with van der Waals surface area (Å²) in [4.78, 5) is 11.1. The summed E-state index contributed by atoms with van der Waals surface area (Å²) < 4.78 is 4.53. The number of carbonyl (C=O) groups is 1. The molecule has 1 N–H and O–H groups in total. The van der Waals surface area contributed by atoms with Crippen molar-refractivity contribution in [3.8, 4) is 0 Å². The van der Waals surface area contributed by atoms with E-state index >= 15 is 0 Å². The lowest BCUT2D eigenvalue weighted by Gasteiger charge is -1.92. The number of rotatable bonds is 1. The highest BCUT2D eigenvalue weighted by Gasteiger charge is 2.14. The zero-order valence-electron chi connectivity index (χ0n) is 6.81. The molecule has 2 aromatic rings. The Kier molecular flexibility index (Phi) is 1.66. The maximum absolute atomic E-state index is 11.1. The third-order valence-corrected chi connectivity index (χ3v) is 1.63. The molecule has 0 saturated carbocycles. The molecule has 66 valence electrons. The van der Waals surface area contributed by atoms with E-state index in [4.69, 9.17) is 0 Å². The summed E-state index contributed by atoms with van der Waals surface area (Å²) >= 11 is 0. The summed E-state index contributed by atoms with van der Waals surface area (Å²) in [5, 5.41) is 14.3. The molecule has 0 unspecified atom stereocenters. The van der Waals surface area contributed by atoms with Gasteiger partial charge in [0, 0.05) is 0 Å². The lowest BCUT2D eigenvalue weighted by atomic mass is 10.3. The molecule has 0 atom stereocenters. The predicted molar refractivity (Wildman–Crippen MR) is 43.0 cm³/mol. The van der Waals surface area contributed by atoms with Gasteiger partial charge in [-0.05, 0) is 6.07 Å². The first-order chi connectivity index (χ1) is 6.33. The lowest BCUT2D eigenvalue weighted by molar-refractivity contribution is 0.0596. The minimum atomic E-state index is -0.487. The van der Waals surface area contributed by atoms with Crippen molar-refractivity contribution in [3.05, 3.63) is 18.0 Å². The number of fused-ring (bicyclic) bond motifs is 1. The molecular formula is C7H6N4O2. The Balaban J connectivity index is 2.64. The normalized spacial score (nSPS) is 10.2. The maximum atomic E-state index is 11.1. The monoisotopic (exact) mass is 178 g/mol. The molecule has 6 heteroatoms. The van der Waals surface area contributed by atoms with Crippen LogP contribution in [-0.2, 0) is 4.74 Å². The minimum Gasteiger partial charge on any atom is -0.464 e. The van der Waals surface area contributed by atoms with Gasteiger partial charge in [-0.2, -0.15) is 10.2 Å². The van der Waals surface area contributed by atoms with Gasteiger partial charge in [0.15, 0.2) is 11.3 Å². The van der Waals surface area contributed by atoms with Gasteiger partial charge in [-0.3, -0.25) is 5.10 Å². The Morgan fingerprint density at radius 2 is 2.46 bits per heavy atom. The van der Waals surface area contributed by atoms with E-state index in [2.05, 4.69) is 25.1 Å². The SMILES string of the molecule is COC(=O)c1n[nH]c2nnccc12. The topological polar surface area (TPSA) is 80.8 Å². The average Bonchev–Trinajstić information content (AvgIpc) is 2.60. The van der Waals surface area contributed by atoms with Crippen LogP contribution in [0.25, 0.3) is 11.0 Å². The predicted octanol–water partition coefficient (Wildman–Crippen LogP) is 0.139. The number of nitrogens with zero attached hydrogens (tertiary/aromatic N) is 3. The number of aromatic nitrogens is 4. The van der Waals surface area contributed by atoms with Crippen LogP contribution in [-0.4, -0.2) is 33.5 Å². The van der Waals surface area contributed by atoms with Crippen LogP contribution in [0, 0.1) is 0 Å². The second-order valence-electron chi connectivity index (χ2n) is 2.36. The minimum absolute atomic E-state index is 0.229. The van der Waals surface area contributed by atoms with Crippen LogP contribution in [0.15, 0.2) is 12.3 Å². The molecular weight excluding hydrogens is 172 g/mol. The Labute approximate surface area is 72.9 Å². The Morgan fingerprint density at radius 3 is 3.23 bits per heavy atom. The van der Waals surface area contributed by atoms with Gasteiger partial charge in [0.25, 0.3) is 0 Å². The van der Waals surface area contributed by atoms with Crippen molar-refractivity contribution in [2.75, 3.05) is 7.11 Å². The van der Waals surface area contributed by atoms with Gasteiger partial charge >= 0.3 is 5.97 Å². The number of carbonyl (C=O) groups excluding carboxylic acids is 1. The fourth-order valence-electron chi connectivity index (χ4n) is 1.03. The number of ether oxygens (including phenoxy) is 1. The largest absolute Gasteiger partial charge is 0.464 e. The number of esters is 1. The zero-order valence-corrected chi connectivity index (χ0v) is 6.81. The number of hydrogen-bond donors (Lipinski definition) is 1. The Hall–Kier alpha value is -1.98. The average molecular weight is 178 g/mol. The molecule has 0 aliphatic heterocycles. The van der Waals surface area contributed by atoms with Crippen molar-refractivity contribution in [1.29, 1.82) is 0 Å². The van der Waals surface area contributed by atoms with Gasteiger partial charge in [0.05, 0.1) is 18.7 Å². The van der Waals surface area contributed by atoms with Crippen molar-refractivity contribution >= 4 is 17.0 Å². The van der Waals surface area contributed by atoms with Gasteiger partial charge in [-0.15, -0.1) is 5.10 Å². The van der Waals surface area contributed by atoms with Gasteiger partial charge in [-0.1, -0.05) is 0 Å². The highest BCUT2D eigenvalue weighted by atomic mass is 16.5. The molecule has 0 fully saturated rings. The smallest absolute Gasteiger partial charge is 0.359 e. The van der Waals surface area contributed by atoms with Gasteiger partial charge in [0.1, 0.15) is 0 Å². The van der Waals surface area contributed by atoms with E-state index in [0.717, 1.165) is 0 Å². The van der Waals surface area contributed by atoms with Crippen LogP contribution < -0.4 is 0 Å². The standard InChI is InChI=1S/C7H6N4O2/c1-13-7(12)5-4-2-3-8-10-6(4)11-9-5/h2-3H,1H3,(H,9,10,11). The third kappa shape index (κ3) is 1.12. The maximum Gasteiger partial charge on any atom is 0.359 e. The van der Waals surface area contributed by atoms with Crippen LogP contribution in [0.2, 0.25) is 0 Å². The fourth-order valence-corrected chi connectivity index (χ4v) is 1.03. The molecule has 0 aliphatic carbocycles. The fraction of sp³-hybridized carbons (Fsp3) is 0.143. The van der Waals surface area contributed by atoms with E-state index in [0.29, 0.717) is 11.0 Å². The molecule has 0 aromatic carbocycles. The van der Waals surface area contributed by atoms with E-state index in [1.165, 1.54) is 13.3 Å². The highest BCUT2D eigenvalue weighted by Crippen LogP contribution is 2.12. The second kappa shape index (κ2) is 2.81. The summed E-state index contributed by atoms with van der Waals surface area (Å²) in [6, 6.07) is 1.65. The summed E-state index contributed by atoms with van der Waals surface area (Å²) in [5.74, 6) is -0.487.